The maximum absolute atomic E-state index is 12.5. The molecule has 1 aromatic heterocycles. The van der Waals surface area contributed by atoms with E-state index in [2.05, 4.69) is 5.32 Å². The second-order valence-electron chi connectivity index (χ2n) is 5.86. The molecule has 0 aliphatic carbocycles. The first-order chi connectivity index (χ1) is 12.0. The third-order valence-corrected chi connectivity index (χ3v) is 5.47. The average molecular weight is 362 g/mol. The van der Waals surface area contributed by atoms with Crippen LogP contribution in [0.1, 0.15) is 22.5 Å². The number of carboxylic acid groups (broad SMARTS) is 1. The van der Waals surface area contributed by atoms with Crippen LogP contribution in [0.25, 0.3) is 10.1 Å². The molecule has 25 heavy (non-hydrogen) atoms. The number of fused-ring (bicyclic) bond motifs is 1. The zero-order valence-electron chi connectivity index (χ0n) is 13.7. The minimum Gasteiger partial charge on any atom is -0.481 e. The van der Waals surface area contributed by atoms with Gasteiger partial charge >= 0.3 is 18.0 Å². The van der Waals surface area contributed by atoms with Gasteiger partial charge in [-0.05, 0) is 30.4 Å². The van der Waals surface area contributed by atoms with Gasteiger partial charge in [0.05, 0.1) is 23.4 Å². The van der Waals surface area contributed by atoms with Crippen molar-refractivity contribution in [3.8, 4) is 0 Å². The highest BCUT2D eigenvalue weighted by Crippen LogP contribution is 2.32. The highest BCUT2D eigenvalue weighted by atomic mass is 32.1. The molecule has 0 spiro atoms. The molecule has 1 fully saturated rings. The normalized spacial score (nSPS) is 15.2. The Bertz CT molecular complexity index is 824. The third kappa shape index (κ3) is 3.58. The molecule has 2 amide bonds. The Labute approximate surface area is 148 Å². The first-order valence-corrected chi connectivity index (χ1v) is 8.71. The van der Waals surface area contributed by atoms with Crippen LogP contribution in [0.15, 0.2) is 24.3 Å². The topological polar surface area (TPSA) is 95.9 Å². The molecule has 3 rings (SSSR count). The fourth-order valence-electron chi connectivity index (χ4n) is 2.89. The summed E-state index contributed by atoms with van der Waals surface area (Å²) in [7, 11) is 1.33. The first kappa shape index (κ1) is 17.2. The summed E-state index contributed by atoms with van der Waals surface area (Å²) in [6.45, 7) is 0.827. The molecule has 132 valence electrons. The maximum atomic E-state index is 12.5. The summed E-state index contributed by atoms with van der Waals surface area (Å²) in [5.41, 5.74) is 0.628. The van der Waals surface area contributed by atoms with E-state index in [1.54, 1.807) is 17.0 Å². The van der Waals surface area contributed by atoms with Gasteiger partial charge in [-0.3, -0.25) is 4.79 Å². The Morgan fingerprint density at radius 2 is 2.00 bits per heavy atom. The average Bonchev–Trinajstić information content (AvgIpc) is 3.06. The molecule has 1 aromatic carbocycles. The molecule has 2 N–H and O–H groups in total. The van der Waals surface area contributed by atoms with Gasteiger partial charge in [0, 0.05) is 13.1 Å². The van der Waals surface area contributed by atoms with Crippen LogP contribution in [0.3, 0.4) is 0 Å². The summed E-state index contributed by atoms with van der Waals surface area (Å²) in [4.78, 5) is 37.2. The monoisotopic (exact) mass is 362 g/mol. The number of rotatable bonds is 3. The number of nitrogens with one attached hydrogen (secondary N) is 1. The predicted octanol–water partition coefficient (Wildman–Crippen LogP) is 3.02. The van der Waals surface area contributed by atoms with E-state index in [1.807, 2.05) is 12.1 Å². The molecule has 1 aliphatic heterocycles. The number of anilines is 1. The molecule has 2 heterocycles. The van der Waals surface area contributed by atoms with E-state index in [1.165, 1.54) is 18.4 Å². The largest absolute Gasteiger partial charge is 0.481 e. The summed E-state index contributed by atoms with van der Waals surface area (Å²) in [5, 5.41) is 12.7. The van der Waals surface area contributed by atoms with Crippen LogP contribution in [0.4, 0.5) is 10.5 Å². The summed E-state index contributed by atoms with van der Waals surface area (Å²) >= 11 is 1.26. The minimum absolute atomic E-state index is 0.260. The predicted molar refractivity (Wildman–Crippen MR) is 94.1 cm³/mol. The second kappa shape index (κ2) is 7.10. The minimum atomic E-state index is -0.807. The van der Waals surface area contributed by atoms with Crippen LogP contribution in [0, 0.1) is 5.92 Å². The number of carboxylic acids is 1. The zero-order chi connectivity index (χ0) is 18.0. The second-order valence-corrected chi connectivity index (χ2v) is 6.91. The van der Waals surface area contributed by atoms with Gasteiger partial charge in [-0.15, -0.1) is 11.3 Å². The van der Waals surface area contributed by atoms with Crippen LogP contribution in [-0.4, -0.2) is 48.2 Å². The first-order valence-electron chi connectivity index (χ1n) is 7.89. The van der Waals surface area contributed by atoms with E-state index in [0.29, 0.717) is 36.5 Å². The molecule has 8 heteroatoms. The number of amides is 2. The number of methoxy groups -OCH3 is 1. The van der Waals surface area contributed by atoms with Gasteiger partial charge in [0.25, 0.3) is 0 Å². The lowest BCUT2D eigenvalue weighted by Gasteiger charge is -2.30. The number of hydrogen-bond donors (Lipinski definition) is 2. The van der Waals surface area contributed by atoms with Crippen LogP contribution in [0.2, 0.25) is 0 Å². The number of likely N-dealkylation sites (tertiary alicyclic amines) is 1. The summed E-state index contributed by atoms with van der Waals surface area (Å²) < 4.78 is 5.54. The molecule has 0 unspecified atom stereocenters. The van der Waals surface area contributed by atoms with E-state index in [9.17, 15) is 14.4 Å². The zero-order valence-corrected chi connectivity index (χ0v) is 14.5. The molecule has 0 bridgehead atoms. The van der Waals surface area contributed by atoms with Gasteiger partial charge in [-0.1, -0.05) is 12.1 Å². The number of urea groups is 1. The Hall–Kier alpha value is -2.61. The van der Waals surface area contributed by atoms with Crippen molar-refractivity contribution in [2.75, 3.05) is 25.5 Å². The molecule has 1 aliphatic rings. The molecule has 0 radical (unpaired) electrons. The van der Waals surface area contributed by atoms with E-state index in [0.717, 1.165) is 10.1 Å². The van der Waals surface area contributed by atoms with Crippen LogP contribution < -0.4 is 5.32 Å². The summed E-state index contributed by atoms with van der Waals surface area (Å²) in [6.07, 6.45) is 0.914. The number of benzene rings is 1. The highest BCUT2D eigenvalue weighted by Gasteiger charge is 2.27. The van der Waals surface area contributed by atoms with Crippen molar-refractivity contribution >= 4 is 45.1 Å². The molecular formula is C17H18N2O5S. The number of aliphatic carboxylic acids is 1. The van der Waals surface area contributed by atoms with Crippen molar-refractivity contribution in [1.82, 2.24) is 4.90 Å². The lowest BCUT2D eigenvalue weighted by Crippen LogP contribution is -2.42. The molecule has 0 atom stereocenters. The van der Waals surface area contributed by atoms with E-state index in [4.69, 9.17) is 9.84 Å². The lowest BCUT2D eigenvalue weighted by molar-refractivity contribution is -0.143. The Kier molecular flexibility index (Phi) is 4.89. The SMILES string of the molecule is COC(=O)c1cc2cccc(NC(=O)N3CCC(C(=O)O)CC3)c2s1. The van der Waals surface area contributed by atoms with Gasteiger partial charge in [0.15, 0.2) is 0 Å². The number of thiophene rings is 1. The summed E-state index contributed by atoms with van der Waals surface area (Å²) in [6, 6.07) is 6.93. The van der Waals surface area contributed by atoms with Gasteiger partial charge in [0.2, 0.25) is 0 Å². The Balaban J connectivity index is 1.74. The fraction of sp³-hybridized carbons (Fsp3) is 0.353. The number of piperidine rings is 1. The van der Waals surface area contributed by atoms with Crippen molar-refractivity contribution in [3.63, 3.8) is 0 Å². The van der Waals surface area contributed by atoms with Crippen LogP contribution in [-0.2, 0) is 9.53 Å². The van der Waals surface area contributed by atoms with Crippen LogP contribution in [0.5, 0.6) is 0 Å². The molecule has 2 aromatic rings. The number of hydrogen-bond acceptors (Lipinski definition) is 5. The van der Waals surface area contributed by atoms with Crippen molar-refractivity contribution in [2.45, 2.75) is 12.8 Å². The van der Waals surface area contributed by atoms with Gasteiger partial charge in [0.1, 0.15) is 4.88 Å². The van der Waals surface area contributed by atoms with Crippen molar-refractivity contribution < 1.29 is 24.2 Å². The number of carbonyl (C=O) groups is 3. The smallest absolute Gasteiger partial charge is 0.348 e. The maximum Gasteiger partial charge on any atom is 0.348 e. The number of carbonyl (C=O) groups excluding carboxylic acids is 2. The van der Waals surface area contributed by atoms with Crippen molar-refractivity contribution in [2.24, 2.45) is 5.92 Å². The molecule has 1 saturated heterocycles. The van der Waals surface area contributed by atoms with Gasteiger partial charge in [-0.2, -0.15) is 0 Å². The van der Waals surface area contributed by atoms with E-state index in [-0.39, 0.29) is 11.9 Å². The van der Waals surface area contributed by atoms with Gasteiger partial charge in [-0.25, -0.2) is 9.59 Å². The van der Waals surface area contributed by atoms with E-state index < -0.39 is 11.9 Å². The molecule has 7 nitrogen and oxygen atoms in total. The fourth-order valence-corrected chi connectivity index (χ4v) is 3.93. The van der Waals surface area contributed by atoms with E-state index >= 15 is 0 Å². The number of esters is 1. The third-order valence-electron chi connectivity index (χ3n) is 4.30. The summed E-state index contributed by atoms with van der Waals surface area (Å²) in [5.74, 6) is -1.60. The standard InChI is InChI=1S/C17H18N2O5S/c1-24-16(22)13-9-11-3-2-4-12(14(11)25-13)18-17(23)19-7-5-10(6-8-19)15(20)21/h2-4,9-10H,5-8H2,1H3,(H,18,23)(H,20,21). The van der Waals surface area contributed by atoms with Crippen molar-refractivity contribution in [3.05, 3.63) is 29.1 Å². The lowest BCUT2D eigenvalue weighted by atomic mass is 9.97. The quantitative estimate of drug-likeness (QED) is 0.818. The van der Waals surface area contributed by atoms with Crippen LogP contribution >= 0.6 is 11.3 Å². The van der Waals surface area contributed by atoms with Gasteiger partial charge < -0.3 is 20.1 Å². The number of nitrogens with zero attached hydrogens (tertiary/aromatic N) is 1. The highest BCUT2D eigenvalue weighted by molar-refractivity contribution is 7.21. The Morgan fingerprint density at radius 1 is 1.28 bits per heavy atom. The molecular weight excluding hydrogens is 344 g/mol. The number of ether oxygens (including phenoxy) is 1. The van der Waals surface area contributed by atoms with Crippen molar-refractivity contribution in [1.29, 1.82) is 0 Å². The Morgan fingerprint density at radius 3 is 2.64 bits per heavy atom. The molecule has 0 saturated carbocycles.